The van der Waals surface area contributed by atoms with Gasteiger partial charge in [-0.2, -0.15) is 0 Å². The van der Waals surface area contributed by atoms with Gasteiger partial charge in [0.25, 0.3) is 0 Å². The number of Topliss-reactive ketones (excluding diaryl/α,β-unsaturated/α-hetero) is 1. The molecule has 0 radical (unpaired) electrons. The average molecular weight is 379 g/mol. The number of quaternary nitrogens is 1. The highest BCUT2D eigenvalue weighted by Crippen LogP contribution is 2.30. The lowest BCUT2D eigenvalue weighted by Gasteiger charge is -2.37. The van der Waals surface area contributed by atoms with Crippen LogP contribution in [0.4, 0.5) is 11.5 Å². The molecule has 2 aromatic rings. The van der Waals surface area contributed by atoms with E-state index >= 15 is 0 Å². The number of aliphatic imine (C=N–C) groups is 1. The van der Waals surface area contributed by atoms with Gasteiger partial charge in [-0.15, -0.1) is 5.10 Å². The highest BCUT2D eigenvalue weighted by atomic mass is 16.1. The van der Waals surface area contributed by atoms with Crippen molar-refractivity contribution in [2.45, 2.75) is 25.7 Å². The number of nitrogens with zero attached hydrogens (tertiary/aromatic N) is 4. The van der Waals surface area contributed by atoms with E-state index in [1.807, 2.05) is 24.4 Å². The Hall–Kier alpha value is -2.80. The molecule has 0 spiro atoms. The Labute approximate surface area is 164 Å². The second kappa shape index (κ2) is 7.67. The number of aromatic nitrogens is 2. The lowest BCUT2D eigenvalue weighted by molar-refractivity contribution is -0.912. The van der Waals surface area contributed by atoms with Gasteiger partial charge in [-0.05, 0) is 43.5 Å². The van der Waals surface area contributed by atoms with E-state index in [0.29, 0.717) is 22.9 Å². The van der Waals surface area contributed by atoms with Gasteiger partial charge in [0, 0.05) is 11.9 Å². The molecule has 1 saturated heterocycles. The number of pyridine rings is 1. The van der Waals surface area contributed by atoms with Crippen molar-refractivity contribution in [1.29, 1.82) is 5.41 Å². The van der Waals surface area contributed by atoms with Crippen molar-refractivity contribution in [2.75, 3.05) is 38.5 Å². The molecular formula is C21H27N6O+. The van der Waals surface area contributed by atoms with E-state index in [9.17, 15) is 4.79 Å². The van der Waals surface area contributed by atoms with Crippen molar-refractivity contribution >= 4 is 34.2 Å². The highest BCUT2D eigenvalue weighted by molar-refractivity contribution is 6.50. The lowest BCUT2D eigenvalue weighted by atomic mass is 10.0. The quantitative estimate of drug-likeness (QED) is 0.784. The van der Waals surface area contributed by atoms with Crippen LogP contribution in [0.15, 0.2) is 41.5 Å². The minimum absolute atomic E-state index is 0.104. The van der Waals surface area contributed by atoms with E-state index in [4.69, 9.17) is 5.41 Å². The molecule has 0 saturated carbocycles. The Morgan fingerprint density at radius 2 is 2.07 bits per heavy atom. The fourth-order valence-corrected chi connectivity index (χ4v) is 3.97. The van der Waals surface area contributed by atoms with Gasteiger partial charge in [-0.25, -0.2) is 9.51 Å². The minimum atomic E-state index is -0.125. The summed E-state index contributed by atoms with van der Waals surface area (Å²) in [4.78, 5) is 16.9. The maximum atomic E-state index is 12.3. The first kappa shape index (κ1) is 18.6. The summed E-state index contributed by atoms with van der Waals surface area (Å²) in [6.45, 7) is 4.31. The van der Waals surface area contributed by atoms with Crippen LogP contribution in [0.1, 0.15) is 25.7 Å². The van der Waals surface area contributed by atoms with Gasteiger partial charge < -0.3 is 15.2 Å². The number of fused-ring (bicyclic) bond motifs is 1. The van der Waals surface area contributed by atoms with Crippen LogP contribution in [-0.2, 0) is 4.79 Å². The van der Waals surface area contributed by atoms with E-state index in [2.05, 4.69) is 22.5 Å². The van der Waals surface area contributed by atoms with Crippen molar-refractivity contribution in [3.05, 3.63) is 36.5 Å². The van der Waals surface area contributed by atoms with E-state index in [1.165, 1.54) is 32.4 Å². The van der Waals surface area contributed by atoms with Gasteiger partial charge in [0.15, 0.2) is 11.6 Å². The molecule has 2 N–H and O–H groups in total. The molecule has 3 heterocycles. The van der Waals surface area contributed by atoms with E-state index < -0.39 is 0 Å². The van der Waals surface area contributed by atoms with Crippen LogP contribution in [0, 0.1) is 5.41 Å². The largest absolute Gasteiger partial charge is 0.361 e. The molecule has 0 aromatic carbocycles. The summed E-state index contributed by atoms with van der Waals surface area (Å²) in [5.41, 5.74) is 2.24. The summed E-state index contributed by atoms with van der Waals surface area (Å²) in [6.07, 6.45) is 9.20. The predicted molar refractivity (Wildman–Crippen MR) is 112 cm³/mol. The number of likely N-dealkylation sites (N-methyl/N-ethyl adjacent to an activating group) is 1. The number of piperidine rings is 1. The van der Waals surface area contributed by atoms with Crippen molar-refractivity contribution in [2.24, 2.45) is 4.99 Å². The fourth-order valence-electron chi connectivity index (χ4n) is 3.97. The second-order valence-electron chi connectivity index (χ2n) is 7.96. The second-order valence-corrected chi connectivity index (χ2v) is 7.96. The van der Waals surface area contributed by atoms with E-state index in [1.54, 1.807) is 16.7 Å². The van der Waals surface area contributed by atoms with Crippen molar-refractivity contribution in [3.8, 4) is 0 Å². The van der Waals surface area contributed by atoms with Gasteiger partial charge in [-0.3, -0.25) is 4.79 Å². The molecule has 2 aliphatic rings. The number of hydrogen-bond acceptors (Lipinski definition) is 5. The van der Waals surface area contributed by atoms with Gasteiger partial charge >= 0.3 is 0 Å². The molecule has 1 aliphatic carbocycles. The summed E-state index contributed by atoms with van der Waals surface area (Å²) in [7, 11) is 2.33. The number of hydrogen-bond donors (Lipinski definition) is 2. The number of allylic oxidation sites excluding steroid dienone is 2. The molecular weight excluding hydrogens is 352 g/mol. The number of likely N-dealkylation sites (tertiary alicyclic amines) is 1. The first-order valence-electron chi connectivity index (χ1n) is 9.96. The maximum absolute atomic E-state index is 12.3. The molecule has 2 aromatic heterocycles. The zero-order valence-electron chi connectivity index (χ0n) is 16.3. The third kappa shape index (κ3) is 3.89. The monoisotopic (exact) mass is 379 g/mol. The number of carbonyl (C=O) groups excluding carboxylic acids is 1. The molecule has 28 heavy (non-hydrogen) atoms. The summed E-state index contributed by atoms with van der Waals surface area (Å²) in [5.74, 6) is 0.573. The zero-order valence-corrected chi connectivity index (χ0v) is 16.3. The van der Waals surface area contributed by atoms with Crippen LogP contribution in [0.2, 0.25) is 0 Å². The average Bonchev–Trinajstić information content (AvgIpc) is 3.02. The normalized spacial score (nSPS) is 20.8. The zero-order chi connectivity index (χ0) is 19.6. The molecule has 1 fully saturated rings. The lowest BCUT2D eigenvalue weighted by Crippen LogP contribution is -2.50. The Morgan fingerprint density at radius 3 is 2.86 bits per heavy atom. The van der Waals surface area contributed by atoms with Gasteiger partial charge in [0.05, 0.1) is 45.2 Å². The number of rotatable bonds is 5. The van der Waals surface area contributed by atoms with Crippen molar-refractivity contribution < 1.29 is 9.28 Å². The third-order valence-corrected chi connectivity index (χ3v) is 5.67. The van der Waals surface area contributed by atoms with Crippen LogP contribution in [0.3, 0.4) is 0 Å². The fraction of sp³-hybridized carbons (Fsp3) is 0.429. The maximum Gasteiger partial charge on any atom is 0.187 e. The topological polar surface area (TPSA) is 82.6 Å². The predicted octanol–water partition coefficient (Wildman–Crippen LogP) is 3.00. The molecule has 0 bridgehead atoms. The summed E-state index contributed by atoms with van der Waals surface area (Å²) in [5, 5.41) is 15.7. The van der Waals surface area contributed by atoms with Crippen LogP contribution in [0.5, 0.6) is 0 Å². The van der Waals surface area contributed by atoms with Crippen LogP contribution in [0.25, 0.3) is 5.52 Å². The van der Waals surface area contributed by atoms with Crippen LogP contribution >= 0.6 is 0 Å². The first-order valence-corrected chi connectivity index (χ1v) is 9.96. The van der Waals surface area contributed by atoms with Crippen LogP contribution < -0.4 is 5.32 Å². The Bertz CT molecular complexity index is 964. The minimum Gasteiger partial charge on any atom is -0.361 e. The Morgan fingerprint density at radius 1 is 1.25 bits per heavy atom. The number of anilines is 1. The molecule has 7 heteroatoms. The standard InChI is InChI=1S/C21H27N6O/c1-27(12-5-2-6-13-27)14-10-23-21-20(18-7-3-4-11-26(18)25-21)24-17-9-8-16(22)15-19(17)28/h3-4,7-9,11,22H,2,5-6,10,12-15H2,1H3,(H,23,25)/q+1. The third-order valence-electron chi connectivity index (χ3n) is 5.67. The molecule has 7 nitrogen and oxygen atoms in total. The Kier molecular flexibility index (Phi) is 5.09. The first-order chi connectivity index (χ1) is 13.5. The van der Waals surface area contributed by atoms with Gasteiger partial charge in [0.2, 0.25) is 0 Å². The number of carbonyl (C=O) groups is 1. The van der Waals surface area contributed by atoms with E-state index in [0.717, 1.165) is 23.1 Å². The molecule has 146 valence electrons. The molecule has 0 unspecified atom stereocenters. The van der Waals surface area contributed by atoms with E-state index in [-0.39, 0.29) is 12.2 Å². The smallest absolute Gasteiger partial charge is 0.187 e. The number of nitrogens with one attached hydrogen (secondary N) is 2. The van der Waals surface area contributed by atoms with Crippen molar-refractivity contribution in [1.82, 2.24) is 9.61 Å². The Balaban J connectivity index is 1.59. The van der Waals surface area contributed by atoms with Gasteiger partial charge in [-0.1, -0.05) is 6.07 Å². The molecule has 0 amide bonds. The summed E-state index contributed by atoms with van der Waals surface area (Å²) >= 11 is 0. The van der Waals surface area contributed by atoms with Gasteiger partial charge in [0.1, 0.15) is 11.4 Å². The van der Waals surface area contributed by atoms with Crippen molar-refractivity contribution in [3.63, 3.8) is 0 Å². The van der Waals surface area contributed by atoms with Crippen LogP contribution in [-0.4, -0.2) is 64.5 Å². The highest BCUT2D eigenvalue weighted by Gasteiger charge is 2.24. The number of ketones is 1. The molecule has 1 aliphatic heterocycles. The SMILES string of the molecule is C[N+]1(CCNc2nn3ccccc3c2N=C2C=CC(=N)CC2=O)CCCCC1. The summed E-state index contributed by atoms with van der Waals surface area (Å²) < 4.78 is 2.88. The molecule has 0 atom stereocenters. The summed E-state index contributed by atoms with van der Waals surface area (Å²) in [6, 6.07) is 5.82. The molecule has 4 rings (SSSR count).